The minimum absolute atomic E-state index is 0.0111. The van der Waals surface area contributed by atoms with Crippen LogP contribution in [0.1, 0.15) is 35.3 Å². The van der Waals surface area contributed by atoms with Crippen molar-refractivity contribution in [3.8, 4) is 23.0 Å². The smallest absolute Gasteiger partial charge is 0.338 e. The number of nitro benzene ring substituents is 1. The van der Waals surface area contributed by atoms with Crippen LogP contribution in [-0.2, 0) is 4.74 Å². The molecule has 2 aromatic heterocycles. The third kappa shape index (κ3) is 4.02. The molecule has 160 valence electrons. The highest BCUT2D eigenvalue weighted by Crippen LogP contribution is 2.34. The third-order valence-corrected chi connectivity index (χ3v) is 4.59. The monoisotopic (exact) mass is 423 g/mol. The number of hydrogen-bond acceptors (Lipinski definition) is 8. The minimum atomic E-state index is -0.679. The number of rotatable bonds is 4. The second-order valence-corrected chi connectivity index (χ2v) is 6.46. The van der Waals surface area contributed by atoms with Gasteiger partial charge in [-0.05, 0) is 43.2 Å². The molecule has 2 heterocycles. The van der Waals surface area contributed by atoms with Crippen molar-refractivity contribution in [2.45, 2.75) is 27.7 Å². The molecule has 0 fully saturated rings. The van der Waals surface area contributed by atoms with E-state index in [0.29, 0.717) is 11.3 Å². The number of carbonyl (C=O) groups is 1. The number of carbonyl (C=O) groups excluding carboxylic acids is 1. The SMILES string of the molecule is CC.COC(=O)c1ccc(-c2noc(-c3cc4c(C)ccc(C)c4o3)n2)c([N+](=O)[O-])c1. The Kier molecular flexibility index (Phi) is 6.15. The summed E-state index contributed by atoms with van der Waals surface area (Å²) in [6.07, 6.45) is 0. The summed E-state index contributed by atoms with van der Waals surface area (Å²) in [7, 11) is 1.20. The normalized spacial score (nSPS) is 10.5. The Labute approximate surface area is 177 Å². The predicted molar refractivity (Wildman–Crippen MR) is 114 cm³/mol. The molecule has 0 saturated carbocycles. The van der Waals surface area contributed by atoms with Gasteiger partial charge in [-0.15, -0.1) is 0 Å². The molecule has 2 aromatic carbocycles. The van der Waals surface area contributed by atoms with E-state index < -0.39 is 10.9 Å². The Bertz CT molecular complexity index is 1230. The molecule has 0 saturated heterocycles. The van der Waals surface area contributed by atoms with Crippen LogP contribution in [0.5, 0.6) is 0 Å². The average molecular weight is 423 g/mol. The van der Waals surface area contributed by atoms with E-state index in [1.54, 1.807) is 6.07 Å². The Morgan fingerprint density at radius 3 is 2.45 bits per heavy atom. The number of benzene rings is 2. The maximum absolute atomic E-state index is 11.7. The largest absolute Gasteiger partial charge is 0.465 e. The van der Waals surface area contributed by atoms with Crippen molar-refractivity contribution in [3.05, 3.63) is 63.2 Å². The van der Waals surface area contributed by atoms with Gasteiger partial charge in [0.05, 0.1) is 17.6 Å². The first kappa shape index (κ1) is 21.7. The van der Waals surface area contributed by atoms with E-state index in [1.165, 1.54) is 19.2 Å². The molecule has 0 atom stereocenters. The second-order valence-electron chi connectivity index (χ2n) is 6.46. The molecule has 0 bridgehead atoms. The van der Waals surface area contributed by atoms with Gasteiger partial charge in [0, 0.05) is 11.5 Å². The topological polar surface area (TPSA) is 122 Å². The molecule has 0 aliphatic heterocycles. The fourth-order valence-corrected chi connectivity index (χ4v) is 3.05. The molecule has 9 heteroatoms. The van der Waals surface area contributed by atoms with Gasteiger partial charge in [0.2, 0.25) is 5.82 Å². The van der Waals surface area contributed by atoms with Crippen molar-refractivity contribution in [1.29, 1.82) is 0 Å². The van der Waals surface area contributed by atoms with Crippen molar-refractivity contribution in [2.24, 2.45) is 0 Å². The van der Waals surface area contributed by atoms with Gasteiger partial charge in [0.15, 0.2) is 5.76 Å². The molecule has 0 aliphatic carbocycles. The highest BCUT2D eigenvalue weighted by molar-refractivity contribution is 5.91. The Hall–Kier alpha value is -4.01. The molecule has 0 aliphatic rings. The van der Waals surface area contributed by atoms with Crippen LogP contribution < -0.4 is 0 Å². The maximum Gasteiger partial charge on any atom is 0.338 e. The lowest BCUT2D eigenvalue weighted by atomic mass is 10.1. The summed E-state index contributed by atoms with van der Waals surface area (Å²) >= 11 is 0. The third-order valence-electron chi connectivity index (χ3n) is 4.59. The number of hydrogen-bond donors (Lipinski definition) is 0. The average Bonchev–Trinajstić information content (AvgIpc) is 3.45. The number of ether oxygens (including phenoxy) is 1. The van der Waals surface area contributed by atoms with Crippen LogP contribution in [0.15, 0.2) is 45.3 Å². The molecule has 4 aromatic rings. The fourth-order valence-electron chi connectivity index (χ4n) is 3.05. The predicted octanol–water partition coefficient (Wildman–Crippen LogP) is 5.49. The van der Waals surface area contributed by atoms with Crippen LogP contribution in [0.4, 0.5) is 5.69 Å². The van der Waals surface area contributed by atoms with Crippen LogP contribution in [-0.4, -0.2) is 28.1 Å². The first-order chi connectivity index (χ1) is 14.9. The van der Waals surface area contributed by atoms with Crippen LogP contribution >= 0.6 is 0 Å². The van der Waals surface area contributed by atoms with Gasteiger partial charge in [-0.2, -0.15) is 4.98 Å². The lowest BCUT2D eigenvalue weighted by Gasteiger charge is -2.02. The van der Waals surface area contributed by atoms with Crippen molar-refractivity contribution in [3.63, 3.8) is 0 Å². The Morgan fingerprint density at radius 2 is 1.81 bits per heavy atom. The summed E-state index contributed by atoms with van der Waals surface area (Å²) < 4.78 is 15.7. The number of aromatic nitrogens is 2. The molecular weight excluding hydrogens is 402 g/mol. The zero-order valence-corrected chi connectivity index (χ0v) is 17.8. The van der Waals surface area contributed by atoms with E-state index in [2.05, 4.69) is 14.9 Å². The van der Waals surface area contributed by atoms with Gasteiger partial charge in [0.1, 0.15) is 11.1 Å². The summed E-state index contributed by atoms with van der Waals surface area (Å²) in [4.78, 5) is 26.8. The fraction of sp³-hybridized carbons (Fsp3) is 0.227. The maximum atomic E-state index is 11.7. The van der Waals surface area contributed by atoms with Crippen molar-refractivity contribution >= 4 is 22.6 Å². The van der Waals surface area contributed by atoms with E-state index in [-0.39, 0.29) is 28.5 Å². The van der Waals surface area contributed by atoms with Gasteiger partial charge in [-0.1, -0.05) is 31.1 Å². The highest BCUT2D eigenvalue weighted by atomic mass is 16.6. The van der Waals surface area contributed by atoms with Gasteiger partial charge >= 0.3 is 5.97 Å². The van der Waals surface area contributed by atoms with E-state index in [4.69, 9.17) is 8.94 Å². The minimum Gasteiger partial charge on any atom is -0.465 e. The lowest BCUT2D eigenvalue weighted by molar-refractivity contribution is -0.384. The zero-order chi connectivity index (χ0) is 22.7. The standard InChI is InChI=1S/C20H15N3O6.C2H6/c1-10-4-5-11(2)17-14(10)9-16(28-17)19-21-18(22-29-19)13-7-6-12(20(24)27-3)8-15(13)23(25)26;1-2/h4-9H,1-3H3;1-2H3. The van der Waals surface area contributed by atoms with Crippen LogP contribution in [0.3, 0.4) is 0 Å². The summed E-state index contributed by atoms with van der Waals surface area (Å²) in [5, 5.41) is 16.2. The number of fused-ring (bicyclic) bond motifs is 1. The molecule has 0 N–H and O–H groups in total. The highest BCUT2D eigenvalue weighted by Gasteiger charge is 2.24. The van der Waals surface area contributed by atoms with E-state index in [9.17, 15) is 14.9 Å². The molecule has 0 spiro atoms. The van der Waals surface area contributed by atoms with Gasteiger partial charge in [0.25, 0.3) is 11.6 Å². The number of nitro groups is 1. The van der Waals surface area contributed by atoms with Crippen molar-refractivity contribution in [2.75, 3.05) is 7.11 Å². The van der Waals surface area contributed by atoms with Gasteiger partial charge < -0.3 is 13.7 Å². The molecule has 9 nitrogen and oxygen atoms in total. The van der Waals surface area contributed by atoms with Gasteiger partial charge in [-0.3, -0.25) is 10.1 Å². The first-order valence-corrected chi connectivity index (χ1v) is 9.60. The van der Waals surface area contributed by atoms with Crippen molar-refractivity contribution in [1.82, 2.24) is 10.1 Å². The Balaban J connectivity index is 0.00000132. The molecular formula is C22H21N3O6. The van der Waals surface area contributed by atoms with Crippen LogP contribution in [0, 0.1) is 24.0 Å². The number of esters is 1. The molecule has 0 radical (unpaired) electrons. The van der Waals surface area contributed by atoms with Crippen LogP contribution in [0.2, 0.25) is 0 Å². The van der Waals surface area contributed by atoms with Crippen LogP contribution in [0.25, 0.3) is 34.0 Å². The number of furan rings is 1. The van der Waals surface area contributed by atoms with E-state index in [1.807, 2.05) is 39.8 Å². The zero-order valence-electron chi connectivity index (χ0n) is 17.8. The Morgan fingerprint density at radius 1 is 1.10 bits per heavy atom. The number of nitrogens with zero attached hydrogens (tertiary/aromatic N) is 3. The molecule has 0 amide bonds. The number of methoxy groups -OCH3 is 1. The summed E-state index contributed by atoms with van der Waals surface area (Å²) in [6, 6.07) is 9.64. The molecule has 0 unspecified atom stereocenters. The molecule has 31 heavy (non-hydrogen) atoms. The van der Waals surface area contributed by atoms with E-state index in [0.717, 1.165) is 22.6 Å². The summed E-state index contributed by atoms with van der Waals surface area (Å²) in [5.74, 6) is -0.204. The van der Waals surface area contributed by atoms with Crippen molar-refractivity contribution < 1.29 is 23.4 Å². The summed E-state index contributed by atoms with van der Waals surface area (Å²) in [6.45, 7) is 7.90. The van der Waals surface area contributed by atoms with Gasteiger partial charge in [-0.25, -0.2) is 4.79 Å². The lowest BCUT2D eigenvalue weighted by Crippen LogP contribution is -2.03. The van der Waals surface area contributed by atoms with E-state index >= 15 is 0 Å². The quantitative estimate of drug-likeness (QED) is 0.240. The second kappa shape index (κ2) is 8.78. The first-order valence-electron chi connectivity index (χ1n) is 9.60. The molecule has 4 rings (SSSR count). The number of aryl methyl sites for hydroxylation is 2. The summed E-state index contributed by atoms with van der Waals surface area (Å²) in [5.41, 5.74) is 2.54.